The second-order valence-corrected chi connectivity index (χ2v) is 12.3. The fraction of sp³-hybridized carbons (Fsp3) is 0.500. The predicted molar refractivity (Wildman–Crippen MR) is 130 cm³/mol. The van der Waals surface area contributed by atoms with Gasteiger partial charge in [-0.05, 0) is 38.8 Å². The molecule has 2 aromatic rings. The van der Waals surface area contributed by atoms with Crippen molar-refractivity contribution in [2.75, 3.05) is 25.7 Å². The van der Waals surface area contributed by atoms with Gasteiger partial charge in [-0.3, -0.25) is 8.37 Å². The largest absolute Gasteiger partial charge is 0.368 e. The van der Waals surface area contributed by atoms with E-state index in [1.165, 1.54) is 0 Å². The standard InChI is InChI=1S/C24H34O8S2/c1-23(2,19-13-9-7-10-14-19)29-17-21(31-33(5,25)26)22(32-34(6,27)28)18-30-24(3,4)20-15-11-8-12-16-20/h7-16,21-22H,17-18H2,1-6H3/t21-,22-/m1/s1. The van der Waals surface area contributed by atoms with Gasteiger partial charge in [0.15, 0.2) is 0 Å². The number of ether oxygens (including phenoxy) is 2. The lowest BCUT2D eigenvalue weighted by molar-refractivity contribution is -0.113. The Morgan fingerprint density at radius 1 is 0.618 bits per heavy atom. The van der Waals surface area contributed by atoms with Crippen LogP contribution in [0.2, 0.25) is 0 Å². The molecular formula is C24H34O8S2. The van der Waals surface area contributed by atoms with Crippen molar-refractivity contribution in [2.45, 2.75) is 51.1 Å². The zero-order valence-corrected chi connectivity index (χ0v) is 22.1. The third kappa shape index (κ3) is 9.44. The molecule has 10 heteroatoms. The molecule has 0 unspecified atom stereocenters. The summed E-state index contributed by atoms with van der Waals surface area (Å²) >= 11 is 0. The minimum absolute atomic E-state index is 0.260. The van der Waals surface area contributed by atoms with E-state index < -0.39 is 43.6 Å². The van der Waals surface area contributed by atoms with Crippen molar-refractivity contribution in [1.82, 2.24) is 0 Å². The highest BCUT2D eigenvalue weighted by atomic mass is 32.2. The van der Waals surface area contributed by atoms with E-state index in [-0.39, 0.29) is 13.2 Å². The zero-order chi connectivity index (χ0) is 25.6. The molecule has 8 nitrogen and oxygen atoms in total. The molecule has 0 aliphatic rings. The van der Waals surface area contributed by atoms with Crippen LogP contribution in [0.4, 0.5) is 0 Å². The summed E-state index contributed by atoms with van der Waals surface area (Å²) in [6, 6.07) is 18.7. The molecule has 0 bridgehead atoms. The molecule has 0 amide bonds. The summed E-state index contributed by atoms with van der Waals surface area (Å²) in [6.07, 6.45) is -0.790. The van der Waals surface area contributed by atoms with E-state index in [9.17, 15) is 16.8 Å². The molecule has 34 heavy (non-hydrogen) atoms. The molecule has 0 aliphatic carbocycles. The SMILES string of the molecule is CC(C)(OC[C@@H](OS(C)(=O)=O)[C@@H](COC(C)(C)c1ccccc1)OS(C)(=O)=O)c1ccccc1. The molecule has 2 aromatic carbocycles. The third-order valence-electron chi connectivity index (χ3n) is 5.17. The normalized spacial score (nSPS) is 15.1. The molecule has 0 fully saturated rings. The Morgan fingerprint density at radius 2 is 0.912 bits per heavy atom. The molecule has 0 aliphatic heterocycles. The number of hydrogen-bond acceptors (Lipinski definition) is 8. The van der Waals surface area contributed by atoms with Gasteiger partial charge in [-0.1, -0.05) is 60.7 Å². The maximum absolute atomic E-state index is 12.0. The molecule has 2 rings (SSSR count). The minimum atomic E-state index is -3.97. The highest BCUT2D eigenvalue weighted by Crippen LogP contribution is 2.28. The number of rotatable bonds is 13. The maximum atomic E-state index is 12.0. The first-order chi connectivity index (χ1) is 15.6. The molecule has 0 saturated carbocycles. The second-order valence-electron chi connectivity index (χ2n) is 9.05. The summed E-state index contributed by atoms with van der Waals surface area (Å²) in [6.45, 7) is 6.76. The second kappa shape index (κ2) is 11.3. The van der Waals surface area contributed by atoms with E-state index in [0.717, 1.165) is 23.6 Å². The summed E-state index contributed by atoms with van der Waals surface area (Å²) in [4.78, 5) is 0. The van der Waals surface area contributed by atoms with Crippen molar-refractivity contribution in [3.63, 3.8) is 0 Å². The van der Waals surface area contributed by atoms with Crippen molar-refractivity contribution >= 4 is 20.2 Å². The van der Waals surface area contributed by atoms with E-state index in [1.54, 1.807) is 0 Å². The van der Waals surface area contributed by atoms with Crippen LogP contribution in [0.25, 0.3) is 0 Å². The first kappa shape index (κ1) is 28.4. The lowest BCUT2D eigenvalue weighted by atomic mass is 9.98. The Hall–Kier alpha value is -1.82. The highest BCUT2D eigenvalue weighted by molar-refractivity contribution is 7.86. The topological polar surface area (TPSA) is 105 Å². The van der Waals surface area contributed by atoms with E-state index in [4.69, 9.17) is 17.8 Å². The van der Waals surface area contributed by atoms with Crippen molar-refractivity contribution in [3.05, 3.63) is 71.8 Å². The number of benzene rings is 2. The van der Waals surface area contributed by atoms with Crippen LogP contribution in [-0.4, -0.2) is 54.8 Å². The van der Waals surface area contributed by atoms with Crippen LogP contribution in [0.1, 0.15) is 38.8 Å². The van der Waals surface area contributed by atoms with Crippen LogP contribution in [0.15, 0.2) is 60.7 Å². The first-order valence-electron chi connectivity index (χ1n) is 10.7. The monoisotopic (exact) mass is 514 g/mol. The van der Waals surface area contributed by atoms with Crippen LogP contribution in [0.3, 0.4) is 0 Å². The van der Waals surface area contributed by atoms with Gasteiger partial charge in [0.1, 0.15) is 12.2 Å². The lowest BCUT2D eigenvalue weighted by Gasteiger charge is -2.33. The van der Waals surface area contributed by atoms with E-state index >= 15 is 0 Å². The Kier molecular flexibility index (Phi) is 9.43. The van der Waals surface area contributed by atoms with E-state index in [0.29, 0.717) is 0 Å². The van der Waals surface area contributed by atoms with Crippen molar-refractivity contribution in [3.8, 4) is 0 Å². The van der Waals surface area contributed by atoms with Gasteiger partial charge in [-0.15, -0.1) is 0 Å². The summed E-state index contributed by atoms with van der Waals surface area (Å²) in [5.74, 6) is 0. The fourth-order valence-electron chi connectivity index (χ4n) is 3.27. The smallest absolute Gasteiger partial charge is 0.264 e. The highest BCUT2D eigenvalue weighted by Gasteiger charge is 2.35. The Morgan fingerprint density at radius 3 is 1.18 bits per heavy atom. The molecule has 0 saturated heterocycles. The number of hydrogen-bond donors (Lipinski definition) is 0. The summed E-state index contributed by atoms with van der Waals surface area (Å²) < 4.78 is 70.5. The van der Waals surface area contributed by atoms with E-state index in [1.807, 2.05) is 88.4 Å². The van der Waals surface area contributed by atoms with E-state index in [2.05, 4.69) is 0 Å². The summed E-state index contributed by atoms with van der Waals surface area (Å²) in [5.41, 5.74) is 0.102. The predicted octanol–water partition coefficient (Wildman–Crippen LogP) is 3.58. The molecule has 0 N–H and O–H groups in total. The Bertz CT molecular complexity index is 1020. The van der Waals surface area contributed by atoms with Crippen LogP contribution in [0.5, 0.6) is 0 Å². The molecular weight excluding hydrogens is 480 g/mol. The van der Waals surface area contributed by atoms with Gasteiger partial charge in [-0.25, -0.2) is 0 Å². The minimum Gasteiger partial charge on any atom is -0.368 e. The molecule has 0 radical (unpaired) electrons. The van der Waals surface area contributed by atoms with Gasteiger partial charge in [0, 0.05) is 0 Å². The van der Waals surface area contributed by atoms with Gasteiger partial charge < -0.3 is 9.47 Å². The molecule has 190 valence electrons. The van der Waals surface area contributed by atoms with Crippen molar-refractivity contribution in [2.24, 2.45) is 0 Å². The van der Waals surface area contributed by atoms with Gasteiger partial charge in [0.05, 0.1) is 36.9 Å². The van der Waals surface area contributed by atoms with Crippen LogP contribution in [-0.2, 0) is 49.3 Å². The Labute approximate surface area is 203 Å². The zero-order valence-electron chi connectivity index (χ0n) is 20.4. The van der Waals surface area contributed by atoms with Gasteiger partial charge >= 0.3 is 0 Å². The lowest BCUT2D eigenvalue weighted by Crippen LogP contribution is -2.44. The average Bonchev–Trinajstić information content (AvgIpc) is 2.74. The molecule has 0 spiro atoms. The molecule has 2 atom stereocenters. The summed E-state index contributed by atoms with van der Waals surface area (Å²) in [7, 11) is -7.95. The average molecular weight is 515 g/mol. The van der Waals surface area contributed by atoms with Crippen molar-refractivity contribution in [1.29, 1.82) is 0 Å². The maximum Gasteiger partial charge on any atom is 0.264 e. The van der Waals surface area contributed by atoms with Crippen LogP contribution >= 0.6 is 0 Å². The molecule has 0 aromatic heterocycles. The quantitative estimate of drug-likeness (QED) is 0.374. The fourth-order valence-corrected chi connectivity index (χ4v) is 4.53. The van der Waals surface area contributed by atoms with Crippen molar-refractivity contribution < 1.29 is 34.7 Å². The molecule has 0 heterocycles. The van der Waals surface area contributed by atoms with Crippen LogP contribution < -0.4 is 0 Å². The van der Waals surface area contributed by atoms with Crippen LogP contribution in [0, 0.1) is 0 Å². The third-order valence-corrected chi connectivity index (χ3v) is 6.36. The van der Waals surface area contributed by atoms with Gasteiger partial charge in [-0.2, -0.15) is 16.8 Å². The first-order valence-corrected chi connectivity index (χ1v) is 14.4. The van der Waals surface area contributed by atoms with Gasteiger partial charge in [0.2, 0.25) is 0 Å². The van der Waals surface area contributed by atoms with Gasteiger partial charge in [0.25, 0.3) is 20.2 Å². The summed E-state index contributed by atoms with van der Waals surface area (Å²) in [5, 5.41) is 0. The Balaban J connectivity index is 2.28.